The summed E-state index contributed by atoms with van der Waals surface area (Å²) in [4.78, 5) is 12.8. The number of ketones is 1. The van der Waals surface area contributed by atoms with Gasteiger partial charge in [0.15, 0.2) is 0 Å². The molecule has 0 aliphatic heterocycles. The van der Waals surface area contributed by atoms with Crippen LogP contribution in [0.5, 0.6) is 0 Å². The molecule has 4 aliphatic rings. The van der Waals surface area contributed by atoms with Crippen molar-refractivity contribution in [3.05, 3.63) is 0 Å². The molecule has 4 aliphatic carbocycles. The van der Waals surface area contributed by atoms with Crippen LogP contribution in [0.4, 0.5) is 0 Å². The Kier molecular flexibility index (Phi) is 2.52. The van der Waals surface area contributed by atoms with Gasteiger partial charge in [-0.3, -0.25) is 4.79 Å². The average molecular weight is 260 g/mol. The van der Waals surface area contributed by atoms with Crippen LogP contribution in [-0.2, 0) is 4.79 Å². The van der Waals surface area contributed by atoms with Crippen molar-refractivity contribution in [3.8, 4) is 0 Å². The summed E-state index contributed by atoms with van der Waals surface area (Å²) in [7, 11) is 0. The van der Waals surface area contributed by atoms with Crippen LogP contribution >= 0.6 is 0 Å². The SMILES string of the molecule is C[C@]12CCC[C@@H]1[C@@H]1C[C@H]3CCC[C@@](C)(C3=O)[C@@H]1CC2. The molecule has 0 heterocycles. The zero-order chi connectivity index (χ0) is 13.3. The molecule has 19 heavy (non-hydrogen) atoms. The smallest absolute Gasteiger partial charge is 0.142 e. The van der Waals surface area contributed by atoms with E-state index in [1.165, 1.54) is 57.8 Å². The Morgan fingerprint density at radius 2 is 1.74 bits per heavy atom. The molecule has 4 fully saturated rings. The second kappa shape index (κ2) is 3.86. The summed E-state index contributed by atoms with van der Waals surface area (Å²) in [5.74, 6) is 3.64. The molecule has 0 aromatic heterocycles. The van der Waals surface area contributed by atoms with Crippen LogP contribution in [0.1, 0.15) is 71.6 Å². The highest BCUT2D eigenvalue weighted by atomic mass is 16.1. The van der Waals surface area contributed by atoms with E-state index in [-0.39, 0.29) is 5.41 Å². The molecule has 1 heteroatoms. The molecule has 0 saturated heterocycles. The van der Waals surface area contributed by atoms with Crippen molar-refractivity contribution in [1.29, 1.82) is 0 Å². The monoisotopic (exact) mass is 260 g/mol. The van der Waals surface area contributed by atoms with E-state index in [1.807, 2.05) is 0 Å². The van der Waals surface area contributed by atoms with Gasteiger partial charge in [0.05, 0.1) is 0 Å². The average Bonchev–Trinajstić information content (AvgIpc) is 2.75. The predicted molar refractivity (Wildman–Crippen MR) is 76.7 cm³/mol. The van der Waals surface area contributed by atoms with Crippen LogP contribution in [0.2, 0.25) is 0 Å². The number of hydrogen-bond donors (Lipinski definition) is 0. The number of fused-ring (bicyclic) bond motifs is 6. The third kappa shape index (κ3) is 1.51. The summed E-state index contributed by atoms with van der Waals surface area (Å²) in [6, 6.07) is 0. The minimum atomic E-state index is 0.0652. The largest absolute Gasteiger partial charge is 0.299 e. The van der Waals surface area contributed by atoms with Gasteiger partial charge in [0.1, 0.15) is 5.78 Å². The number of rotatable bonds is 0. The zero-order valence-corrected chi connectivity index (χ0v) is 12.6. The van der Waals surface area contributed by atoms with Crippen molar-refractivity contribution in [2.45, 2.75) is 71.6 Å². The van der Waals surface area contributed by atoms with Crippen molar-refractivity contribution in [1.82, 2.24) is 0 Å². The van der Waals surface area contributed by atoms with Crippen molar-refractivity contribution in [2.24, 2.45) is 34.5 Å². The minimum Gasteiger partial charge on any atom is -0.299 e. The second-order valence-electron chi connectivity index (χ2n) is 8.57. The Morgan fingerprint density at radius 3 is 2.58 bits per heavy atom. The maximum absolute atomic E-state index is 12.8. The number of Topliss-reactive ketones (excluding diaryl/α,β-unsaturated/α-hetero) is 1. The van der Waals surface area contributed by atoms with Gasteiger partial charge in [0.2, 0.25) is 0 Å². The van der Waals surface area contributed by atoms with Gasteiger partial charge in [0, 0.05) is 11.3 Å². The first kappa shape index (κ1) is 12.4. The van der Waals surface area contributed by atoms with Crippen molar-refractivity contribution in [3.63, 3.8) is 0 Å². The van der Waals surface area contributed by atoms with Crippen LogP contribution in [-0.4, -0.2) is 5.78 Å². The first-order valence-corrected chi connectivity index (χ1v) is 8.59. The highest BCUT2D eigenvalue weighted by Gasteiger charge is 2.59. The fourth-order valence-corrected chi connectivity index (χ4v) is 6.76. The van der Waals surface area contributed by atoms with Crippen LogP contribution in [0.15, 0.2) is 0 Å². The molecule has 4 saturated carbocycles. The van der Waals surface area contributed by atoms with E-state index in [2.05, 4.69) is 13.8 Å². The quantitative estimate of drug-likeness (QED) is 0.622. The standard InChI is InChI=1S/C18H28O/c1-17-8-4-6-14(17)13-11-12-5-3-9-18(2,16(12)19)15(13)7-10-17/h12-15H,3-11H2,1-2H3/t12-,13+,14-,15-,17-,18-/m1/s1. The molecular weight excluding hydrogens is 232 g/mol. The zero-order valence-electron chi connectivity index (χ0n) is 12.6. The van der Waals surface area contributed by atoms with E-state index in [9.17, 15) is 4.79 Å². The third-order valence-electron chi connectivity index (χ3n) is 7.78. The third-order valence-corrected chi connectivity index (χ3v) is 7.78. The fourth-order valence-electron chi connectivity index (χ4n) is 6.76. The number of hydrogen-bond acceptors (Lipinski definition) is 1. The summed E-state index contributed by atoms with van der Waals surface area (Å²) in [6.07, 6.45) is 12.0. The summed E-state index contributed by atoms with van der Waals surface area (Å²) in [5, 5.41) is 0. The van der Waals surface area contributed by atoms with E-state index in [0.29, 0.717) is 17.1 Å². The van der Waals surface area contributed by atoms with E-state index in [4.69, 9.17) is 0 Å². The van der Waals surface area contributed by atoms with Gasteiger partial charge >= 0.3 is 0 Å². The summed E-state index contributed by atoms with van der Waals surface area (Å²) in [6.45, 7) is 4.88. The molecule has 0 spiro atoms. The maximum Gasteiger partial charge on any atom is 0.142 e. The predicted octanol–water partition coefficient (Wildman–Crippen LogP) is 4.60. The van der Waals surface area contributed by atoms with Crippen molar-refractivity contribution >= 4 is 5.78 Å². The molecule has 106 valence electrons. The Hall–Kier alpha value is -0.330. The molecule has 0 aromatic carbocycles. The molecule has 2 bridgehead atoms. The number of carbonyl (C=O) groups excluding carboxylic acids is 1. The van der Waals surface area contributed by atoms with Gasteiger partial charge in [0.25, 0.3) is 0 Å². The molecule has 0 radical (unpaired) electrons. The van der Waals surface area contributed by atoms with E-state index in [0.717, 1.165) is 17.8 Å². The van der Waals surface area contributed by atoms with E-state index >= 15 is 0 Å². The summed E-state index contributed by atoms with van der Waals surface area (Å²) < 4.78 is 0. The van der Waals surface area contributed by atoms with E-state index < -0.39 is 0 Å². The lowest BCUT2D eigenvalue weighted by molar-refractivity contribution is -0.157. The van der Waals surface area contributed by atoms with Crippen molar-refractivity contribution < 1.29 is 4.79 Å². The highest BCUT2D eigenvalue weighted by Crippen LogP contribution is 2.64. The first-order valence-electron chi connectivity index (χ1n) is 8.59. The lowest BCUT2D eigenvalue weighted by Gasteiger charge is -2.58. The van der Waals surface area contributed by atoms with Crippen LogP contribution in [0.3, 0.4) is 0 Å². The molecule has 0 unspecified atom stereocenters. The Morgan fingerprint density at radius 1 is 0.947 bits per heavy atom. The van der Waals surface area contributed by atoms with Gasteiger partial charge < -0.3 is 0 Å². The molecule has 0 amide bonds. The maximum atomic E-state index is 12.8. The first-order chi connectivity index (χ1) is 9.05. The van der Waals surface area contributed by atoms with Gasteiger partial charge in [-0.1, -0.05) is 26.7 Å². The van der Waals surface area contributed by atoms with E-state index in [1.54, 1.807) is 0 Å². The molecule has 4 rings (SSSR count). The molecule has 0 aromatic rings. The lowest BCUT2D eigenvalue weighted by Crippen LogP contribution is -2.55. The lowest BCUT2D eigenvalue weighted by atomic mass is 9.45. The van der Waals surface area contributed by atoms with Crippen molar-refractivity contribution in [2.75, 3.05) is 0 Å². The van der Waals surface area contributed by atoms with Crippen LogP contribution in [0, 0.1) is 34.5 Å². The molecule has 1 nitrogen and oxygen atoms in total. The van der Waals surface area contributed by atoms with Gasteiger partial charge in [-0.2, -0.15) is 0 Å². The molecule has 0 N–H and O–H groups in total. The fraction of sp³-hybridized carbons (Fsp3) is 0.944. The van der Waals surface area contributed by atoms with Crippen LogP contribution in [0.25, 0.3) is 0 Å². The topological polar surface area (TPSA) is 17.1 Å². The number of carbonyl (C=O) groups is 1. The normalized spacial score (nSPS) is 56.6. The molecular formula is C18H28O. The Labute approximate surface area is 117 Å². The van der Waals surface area contributed by atoms with Gasteiger partial charge in [-0.15, -0.1) is 0 Å². The molecule has 6 atom stereocenters. The highest BCUT2D eigenvalue weighted by molar-refractivity contribution is 5.88. The van der Waals surface area contributed by atoms with Gasteiger partial charge in [-0.05, 0) is 68.1 Å². The Bertz CT molecular complexity index is 414. The Balaban J connectivity index is 1.72. The summed E-state index contributed by atoms with van der Waals surface area (Å²) in [5.41, 5.74) is 0.696. The minimum absolute atomic E-state index is 0.0652. The van der Waals surface area contributed by atoms with Crippen LogP contribution < -0.4 is 0 Å². The second-order valence-corrected chi connectivity index (χ2v) is 8.57. The van der Waals surface area contributed by atoms with Gasteiger partial charge in [-0.25, -0.2) is 0 Å². The summed E-state index contributed by atoms with van der Waals surface area (Å²) >= 11 is 0.